The van der Waals surface area contributed by atoms with Crippen LogP contribution >= 0.6 is 22.9 Å². The van der Waals surface area contributed by atoms with Crippen LogP contribution in [0, 0.1) is 0 Å². The molecule has 1 aliphatic heterocycles. The van der Waals surface area contributed by atoms with Crippen LogP contribution in [-0.4, -0.2) is 61.7 Å². The van der Waals surface area contributed by atoms with Crippen LogP contribution in [0.25, 0.3) is 16.0 Å². The number of aldehydes is 1. The third kappa shape index (κ3) is 6.14. The van der Waals surface area contributed by atoms with E-state index < -0.39 is 15.9 Å². The molecule has 39 heavy (non-hydrogen) atoms. The second kappa shape index (κ2) is 11.3. The summed E-state index contributed by atoms with van der Waals surface area (Å²) in [6.07, 6.45) is 5.45. The summed E-state index contributed by atoms with van der Waals surface area (Å²) >= 11 is 8.00. The second-order valence-electron chi connectivity index (χ2n) is 9.95. The van der Waals surface area contributed by atoms with Gasteiger partial charge < -0.3 is 14.4 Å². The molecule has 0 N–H and O–H groups in total. The van der Waals surface area contributed by atoms with E-state index in [2.05, 4.69) is 16.9 Å². The molecule has 5 rings (SSSR count). The SMILES string of the molecule is C[C@@H](Oc1cc(-n2cnc3ccc(CS(C)(=O)=O)cc32)sc1C=O)c1cccc(OCC2CCCN2C)c1Cl. The first-order valence-corrected chi connectivity index (χ1v) is 15.9. The predicted octanol–water partition coefficient (Wildman–Crippen LogP) is 5.71. The summed E-state index contributed by atoms with van der Waals surface area (Å²) in [7, 11) is -1.08. The van der Waals surface area contributed by atoms with Crippen LogP contribution in [0.4, 0.5) is 0 Å². The Labute approximate surface area is 237 Å². The zero-order valence-electron chi connectivity index (χ0n) is 22.0. The minimum atomic E-state index is -3.19. The molecule has 8 nitrogen and oxygen atoms in total. The van der Waals surface area contributed by atoms with E-state index in [-0.39, 0.29) is 5.75 Å². The molecule has 0 bridgehead atoms. The zero-order valence-corrected chi connectivity index (χ0v) is 24.4. The number of benzene rings is 2. The maximum absolute atomic E-state index is 12.0. The van der Waals surface area contributed by atoms with Gasteiger partial charge in [-0.3, -0.25) is 9.36 Å². The minimum absolute atomic E-state index is 0.0646. The lowest BCUT2D eigenvalue weighted by Crippen LogP contribution is -2.30. The first-order valence-electron chi connectivity index (χ1n) is 12.6. The number of rotatable bonds is 10. The second-order valence-corrected chi connectivity index (χ2v) is 13.5. The highest BCUT2D eigenvalue weighted by atomic mass is 35.5. The van der Waals surface area contributed by atoms with Gasteiger partial charge in [0.2, 0.25) is 0 Å². The van der Waals surface area contributed by atoms with Crippen molar-refractivity contribution in [3.63, 3.8) is 0 Å². The van der Waals surface area contributed by atoms with Gasteiger partial charge in [0.05, 0.1) is 21.8 Å². The number of likely N-dealkylation sites (tertiary alicyclic amines) is 1. The summed E-state index contributed by atoms with van der Waals surface area (Å²) in [6.45, 7) is 3.53. The van der Waals surface area contributed by atoms with Crippen molar-refractivity contribution < 1.29 is 22.7 Å². The molecule has 2 atom stereocenters. The normalized spacial score (nSPS) is 17.0. The predicted molar refractivity (Wildman–Crippen MR) is 155 cm³/mol. The van der Waals surface area contributed by atoms with E-state index in [1.807, 2.05) is 29.7 Å². The van der Waals surface area contributed by atoms with Gasteiger partial charge in [0, 0.05) is 23.9 Å². The van der Waals surface area contributed by atoms with Gasteiger partial charge in [-0.1, -0.05) is 29.8 Å². The number of hydrogen-bond donors (Lipinski definition) is 0. The molecule has 1 unspecified atom stereocenters. The topological polar surface area (TPSA) is 90.7 Å². The van der Waals surface area contributed by atoms with E-state index in [4.69, 9.17) is 21.1 Å². The number of carbonyl (C=O) groups excluding carboxylic acids is 1. The Morgan fingerprint density at radius 1 is 1.23 bits per heavy atom. The third-order valence-corrected chi connectivity index (χ3v) is 9.24. The lowest BCUT2D eigenvalue weighted by molar-refractivity contribution is 0.112. The van der Waals surface area contributed by atoms with Crippen molar-refractivity contribution in [2.75, 3.05) is 26.5 Å². The van der Waals surface area contributed by atoms with Gasteiger partial charge in [0.15, 0.2) is 16.1 Å². The standard InChI is InChI=1S/C28H30ClN3O5S2/c1-18(21-7-4-8-24(28(21)29)36-15-20-6-5-11-31(20)2)37-25-13-27(38-26(25)14-33)32-17-30-22-10-9-19(12-23(22)32)16-39(3,34)35/h4,7-10,12-14,17-18,20H,5-6,11,15-16H2,1-3H3/t18-,20?/m1/s1. The van der Waals surface area contributed by atoms with Crippen molar-refractivity contribution >= 4 is 50.1 Å². The molecule has 2 aromatic heterocycles. The fourth-order valence-electron chi connectivity index (χ4n) is 4.87. The number of imidazole rings is 1. The smallest absolute Gasteiger partial charge is 0.163 e. The fraction of sp³-hybridized carbons (Fsp3) is 0.357. The highest BCUT2D eigenvalue weighted by Crippen LogP contribution is 2.38. The Morgan fingerprint density at radius 3 is 2.77 bits per heavy atom. The lowest BCUT2D eigenvalue weighted by atomic mass is 10.1. The summed E-state index contributed by atoms with van der Waals surface area (Å²) in [5, 5.41) is 1.22. The summed E-state index contributed by atoms with van der Waals surface area (Å²) in [5.74, 6) is 0.980. The molecule has 1 saturated heterocycles. The van der Waals surface area contributed by atoms with Crippen molar-refractivity contribution in [3.8, 4) is 16.5 Å². The molecule has 2 aromatic carbocycles. The Kier molecular flexibility index (Phi) is 8.00. The van der Waals surface area contributed by atoms with E-state index in [1.54, 1.807) is 30.6 Å². The van der Waals surface area contributed by atoms with Gasteiger partial charge in [0.1, 0.15) is 40.4 Å². The monoisotopic (exact) mass is 587 g/mol. The molecule has 1 fully saturated rings. The van der Waals surface area contributed by atoms with Gasteiger partial charge in [0.25, 0.3) is 0 Å². The van der Waals surface area contributed by atoms with E-state index in [0.29, 0.717) is 39.6 Å². The third-order valence-electron chi connectivity index (χ3n) is 6.93. The van der Waals surface area contributed by atoms with Crippen LogP contribution in [0.2, 0.25) is 5.02 Å². The van der Waals surface area contributed by atoms with Crippen molar-refractivity contribution in [1.29, 1.82) is 0 Å². The molecule has 1 aliphatic rings. The van der Waals surface area contributed by atoms with Crippen molar-refractivity contribution in [3.05, 3.63) is 69.8 Å². The van der Waals surface area contributed by atoms with Crippen molar-refractivity contribution in [2.45, 2.75) is 37.7 Å². The highest BCUT2D eigenvalue weighted by molar-refractivity contribution is 7.89. The molecule has 0 saturated carbocycles. The molecule has 4 aromatic rings. The Hall–Kier alpha value is -2.92. The number of sulfone groups is 1. The first kappa shape index (κ1) is 27.6. The largest absolute Gasteiger partial charge is 0.490 e. The Bertz CT molecular complexity index is 1610. The zero-order chi connectivity index (χ0) is 27.7. The van der Waals surface area contributed by atoms with Crippen LogP contribution < -0.4 is 9.47 Å². The maximum Gasteiger partial charge on any atom is 0.163 e. The minimum Gasteiger partial charge on any atom is -0.490 e. The molecule has 0 amide bonds. The number of fused-ring (bicyclic) bond motifs is 1. The van der Waals surface area contributed by atoms with E-state index in [9.17, 15) is 13.2 Å². The Morgan fingerprint density at radius 2 is 2.05 bits per heavy atom. The molecule has 0 aliphatic carbocycles. The van der Waals surface area contributed by atoms with Gasteiger partial charge in [-0.05, 0) is 57.1 Å². The van der Waals surface area contributed by atoms with Gasteiger partial charge in [-0.2, -0.15) is 0 Å². The molecule has 3 heterocycles. The van der Waals surface area contributed by atoms with E-state index in [1.165, 1.54) is 24.0 Å². The average molecular weight is 588 g/mol. The number of halogens is 1. The number of thiophene rings is 1. The quantitative estimate of drug-likeness (QED) is 0.219. The van der Waals surface area contributed by atoms with Crippen molar-refractivity contribution in [2.24, 2.45) is 0 Å². The molecule has 206 valence electrons. The lowest BCUT2D eigenvalue weighted by Gasteiger charge is -2.21. The Balaban J connectivity index is 1.38. The molecule has 0 spiro atoms. The number of nitrogens with zero attached hydrogens (tertiary/aromatic N) is 3. The molecule has 11 heteroatoms. The van der Waals surface area contributed by atoms with Crippen LogP contribution in [0.1, 0.15) is 46.7 Å². The van der Waals surface area contributed by atoms with Crippen LogP contribution in [0.3, 0.4) is 0 Å². The number of carbonyl (C=O) groups is 1. The number of aromatic nitrogens is 2. The molecule has 0 radical (unpaired) electrons. The van der Waals surface area contributed by atoms with Crippen LogP contribution in [-0.2, 0) is 15.6 Å². The number of ether oxygens (including phenoxy) is 2. The summed E-state index contributed by atoms with van der Waals surface area (Å²) in [5.41, 5.74) is 2.89. The maximum atomic E-state index is 12.0. The van der Waals surface area contributed by atoms with Gasteiger partial charge >= 0.3 is 0 Å². The van der Waals surface area contributed by atoms with Crippen LogP contribution in [0.15, 0.2) is 48.8 Å². The summed E-state index contributed by atoms with van der Waals surface area (Å²) in [6, 6.07) is 13.2. The van der Waals surface area contributed by atoms with E-state index in [0.717, 1.165) is 40.8 Å². The van der Waals surface area contributed by atoms with Gasteiger partial charge in [-0.15, -0.1) is 11.3 Å². The van der Waals surface area contributed by atoms with Crippen LogP contribution in [0.5, 0.6) is 11.5 Å². The average Bonchev–Trinajstić information content (AvgIpc) is 3.60. The number of hydrogen-bond acceptors (Lipinski definition) is 8. The molecular formula is C28H30ClN3O5S2. The first-order chi connectivity index (χ1) is 18.6. The summed E-state index contributed by atoms with van der Waals surface area (Å²) < 4.78 is 37.8. The fourth-order valence-corrected chi connectivity index (χ4v) is 6.88. The van der Waals surface area contributed by atoms with Gasteiger partial charge in [-0.25, -0.2) is 13.4 Å². The summed E-state index contributed by atoms with van der Waals surface area (Å²) in [4.78, 5) is 19.1. The van der Waals surface area contributed by atoms with E-state index >= 15 is 0 Å². The molecular weight excluding hydrogens is 558 g/mol. The highest BCUT2D eigenvalue weighted by Gasteiger charge is 2.23. The van der Waals surface area contributed by atoms with Crippen molar-refractivity contribution in [1.82, 2.24) is 14.5 Å². The number of likely N-dealkylation sites (N-methyl/N-ethyl adjacent to an activating group) is 1.